The minimum atomic E-state index is -0.243. The molecule has 0 bridgehead atoms. The van der Waals surface area contributed by atoms with Crippen LogP contribution in [0.5, 0.6) is 5.75 Å². The van der Waals surface area contributed by atoms with Crippen molar-refractivity contribution >= 4 is 5.97 Å². The van der Waals surface area contributed by atoms with Gasteiger partial charge in [-0.05, 0) is 41.7 Å². The molecule has 0 aliphatic heterocycles. The molecule has 104 valence electrons. The molecule has 2 unspecified atom stereocenters. The molecule has 3 nitrogen and oxygen atoms in total. The minimum absolute atomic E-state index is 0.0289. The van der Waals surface area contributed by atoms with Crippen LogP contribution in [-0.4, -0.2) is 18.2 Å². The van der Waals surface area contributed by atoms with Crippen molar-refractivity contribution in [2.75, 3.05) is 7.11 Å². The maximum absolute atomic E-state index is 11.3. The van der Waals surface area contributed by atoms with Gasteiger partial charge in [0.15, 0.2) is 0 Å². The van der Waals surface area contributed by atoms with Gasteiger partial charge in [-0.15, -0.1) is 0 Å². The number of phenolic OH excluding ortho intramolecular Hbond substituents is 1. The zero-order chi connectivity index (χ0) is 14.0. The predicted molar refractivity (Wildman–Crippen MR) is 74.3 cm³/mol. The Balaban J connectivity index is 2.21. The van der Waals surface area contributed by atoms with Crippen LogP contribution in [0.2, 0.25) is 0 Å². The molecule has 2 atom stereocenters. The van der Waals surface area contributed by atoms with Gasteiger partial charge in [-0.2, -0.15) is 0 Å². The molecule has 0 amide bonds. The number of rotatable bonds is 5. The lowest BCUT2D eigenvalue weighted by atomic mass is 9.89. The number of carbonyl (C=O) groups excluding carboxylic acids is 1. The summed E-state index contributed by atoms with van der Waals surface area (Å²) in [6.07, 6.45) is 2.80. The first-order valence-corrected chi connectivity index (χ1v) is 6.93. The molecule has 0 saturated heterocycles. The van der Waals surface area contributed by atoms with Crippen LogP contribution in [-0.2, 0) is 9.53 Å². The molecule has 0 spiro atoms. The van der Waals surface area contributed by atoms with E-state index in [2.05, 4.69) is 11.7 Å². The second-order valence-electron chi connectivity index (χ2n) is 5.59. The summed E-state index contributed by atoms with van der Waals surface area (Å²) in [4.78, 5) is 11.3. The van der Waals surface area contributed by atoms with Crippen molar-refractivity contribution in [3.8, 4) is 5.75 Å². The summed E-state index contributed by atoms with van der Waals surface area (Å²) in [7, 11) is 1.39. The van der Waals surface area contributed by atoms with Crippen LogP contribution in [0.25, 0.3) is 0 Å². The fourth-order valence-electron chi connectivity index (χ4n) is 2.64. The zero-order valence-corrected chi connectivity index (χ0v) is 11.8. The molecular formula is C16H22O3. The SMILES string of the molecule is COC(=O)CC(C)c1cccc(C(C)C2CC2)c1O. The van der Waals surface area contributed by atoms with Gasteiger partial charge in [0.05, 0.1) is 13.5 Å². The Bertz CT molecular complexity index is 463. The highest BCUT2D eigenvalue weighted by Gasteiger charge is 2.31. The lowest BCUT2D eigenvalue weighted by Crippen LogP contribution is -2.07. The average molecular weight is 262 g/mol. The molecular weight excluding hydrogens is 240 g/mol. The normalized spacial score (nSPS) is 17.8. The second-order valence-corrected chi connectivity index (χ2v) is 5.59. The Kier molecular flexibility index (Phi) is 4.13. The Morgan fingerprint density at radius 2 is 2.00 bits per heavy atom. The van der Waals surface area contributed by atoms with E-state index in [-0.39, 0.29) is 11.9 Å². The summed E-state index contributed by atoms with van der Waals surface area (Å²) in [6.45, 7) is 4.11. The number of phenols is 1. The van der Waals surface area contributed by atoms with Crippen molar-refractivity contribution < 1.29 is 14.6 Å². The van der Waals surface area contributed by atoms with Gasteiger partial charge in [0.2, 0.25) is 0 Å². The number of aromatic hydroxyl groups is 1. The number of ether oxygens (including phenoxy) is 1. The third kappa shape index (κ3) is 3.09. The number of para-hydroxylation sites is 1. The monoisotopic (exact) mass is 262 g/mol. The maximum Gasteiger partial charge on any atom is 0.306 e. The number of carbonyl (C=O) groups is 1. The Morgan fingerprint density at radius 1 is 1.37 bits per heavy atom. The molecule has 1 fully saturated rings. The lowest BCUT2D eigenvalue weighted by Gasteiger charge is -2.18. The number of benzene rings is 1. The molecule has 1 aromatic rings. The lowest BCUT2D eigenvalue weighted by molar-refractivity contribution is -0.140. The summed E-state index contributed by atoms with van der Waals surface area (Å²) in [6, 6.07) is 5.86. The summed E-state index contributed by atoms with van der Waals surface area (Å²) in [5, 5.41) is 10.4. The standard InChI is InChI=1S/C16H22O3/c1-10(9-15(17)19-3)13-5-4-6-14(16(13)18)11(2)12-7-8-12/h4-6,10-12,18H,7-9H2,1-3H3. The summed E-state index contributed by atoms with van der Waals surface area (Å²) < 4.78 is 4.69. The van der Waals surface area contributed by atoms with Gasteiger partial charge in [-0.25, -0.2) is 0 Å². The summed E-state index contributed by atoms with van der Waals surface area (Å²) >= 11 is 0. The van der Waals surface area contributed by atoms with E-state index in [4.69, 9.17) is 0 Å². The molecule has 1 N–H and O–H groups in total. The van der Waals surface area contributed by atoms with Gasteiger partial charge in [-0.1, -0.05) is 32.0 Å². The van der Waals surface area contributed by atoms with E-state index in [1.165, 1.54) is 20.0 Å². The molecule has 1 saturated carbocycles. The quantitative estimate of drug-likeness (QED) is 0.825. The van der Waals surface area contributed by atoms with Crippen LogP contribution in [0.3, 0.4) is 0 Å². The Hall–Kier alpha value is -1.51. The van der Waals surface area contributed by atoms with Crippen LogP contribution in [0.1, 0.15) is 56.1 Å². The number of hydrogen-bond acceptors (Lipinski definition) is 3. The van der Waals surface area contributed by atoms with E-state index >= 15 is 0 Å². The van der Waals surface area contributed by atoms with Crippen molar-refractivity contribution in [3.05, 3.63) is 29.3 Å². The Labute approximate surface area is 114 Å². The highest BCUT2D eigenvalue weighted by Crippen LogP contribution is 2.46. The minimum Gasteiger partial charge on any atom is -0.507 e. The highest BCUT2D eigenvalue weighted by molar-refractivity contribution is 5.70. The number of methoxy groups -OCH3 is 1. The maximum atomic E-state index is 11.3. The van der Waals surface area contributed by atoms with E-state index in [1.54, 1.807) is 0 Å². The van der Waals surface area contributed by atoms with Crippen molar-refractivity contribution in [1.82, 2.24) is 0 Å². The Morgan fingerprint density at radius 3 is 2.58 bits per heavy atom. The third-order valence-corrected chi connectivity index (χ3v) is 4.15. The van der Waals surface area contributed by atoms with Crippen LogP contribution in [0, 0.1) is 5.92 Å². The van der Waals surface area contributed by atoms with E-state index in [1.807, 2.05) is 25.1 Å². The number of hydrogen-bond donors (Lipinski definition) is 1. The van der Waals surface area contributed by atoms with Crippen molar-refractivity contribution in [3.63, 3.8) is 0 Å². The van der Waals surface area contributed by atoms with E-state index in [0.29, 0.717) is 24.0 Å². The first-order chi connectivity index (χ1) is 9.04. The first-order valence-electron chi connectivity index (χ1n) is 6.93. The van der Waals surface area contributed by atoms with Crippen molar-refractivity contribution in [2.24, 2.45) is 5.92 Å². The molecule has 1 aliphatic rings. The molecule has 19 heavy (non-hydrogen) atoms. The molecule has 0 heterocycles. The van der Waals surface area contributed by atoms with E-state index in [0.717, 1.165) is 11.1 Å². The fraction of sp³-hybridized carbons (Fsp3) is 0.562. The fourth-order valence-corrected chi connectivity index (χ4v) is 2.64. The zero-order valence-electron chi connectivity index (χ0n) is 11.8. The molecule has 1 aromatic carbocycles. The van der Waals surface area contributed by atoms with Crippen LogP contribution in [0.4, 0.5) is 0 Å². The van der Waals surface area contributed by atoms with Crippen molar-refractivity contribution in [2.45, 2.75) is 44.9 Å². The van der Waals surface area contributed by atoms with Crippen LogP contribution in [0.15, 0.2) is 18.2 Å². The van der Waals surface area contributed by atoms with Crippen LogP contribution < -0.4 is 0 Å². The summed E-state index contributed by atoms with van der Waals surface area (Å²) in [5.74, 6) is 1.19. The molecule has 0 aromatic heterocycles. The van der Waals surface area contributed by atoms with Gasteiger partial charge in [0.25, 0.3) is 0 Å². The number of esters is 1. The predicted octanol–water partition coefficient (Wildman–Crippen LogP) is 3.57. The molecule has 0 radical (unpaired) electrons. The third-order valence-electron chi connectivity index (χ3n) is 4.15. The van der Waals surface area contributed by atoms with Crippen LogP contribution >= 0.6 is 0 Å². The smallest absolute Gasteiger partial charge is 0.306 e. The highest BCUT2D eigenvalue weighted by atomic mass is 16.5. The molecule has 3 heteroatoms. The van der Waals surface area contributed by atoms with E-state index < -0.39 is 0 Å². The van der Waals surface area contributed by atoms with Gasteiger partial charge < -0.3 is 9.84 Å². The van der Waals surface area contributed by atoms with E-state index in [9.17, 15) is 9.90 Å². The second kappa shape index (κ2) is 5.64. The van der Waals surface area contributed by atoms with Gasteiger partial charge in [-0.3, -0.25) is 4.79 Å². The largest absolute Gasteiger partial charge is 0.507 e. The summed E-state index contributed by atoms with van der Waals surface area (Å²) in [5.41, 5.74) is 1.85. The molecule has 1 aliphatic carbocycles. The topological polar surface area (TPSA) is 46.5 Å². The first kappa shape index (κ1) is 13.9. The average Bonchev–Trinajstić information content (AvgIpc) is 3.22. The van der Waals surface area contributed by atoms with Gasteiger partial charge >= 0.3 is 5.97 Å². The van der Waals surface area contributed by atoms with Gasteiger partial charge in [0.1, 0.15) is 5.75 Å². The van der Waals surface area contributed by atoms with Gasteiger partial charge in [0, 0.05) is 0 Å². The van der Waals surface area contributed by atoms with Crippen molar-refractivity contribution in [1.29, 1.82) is 0 Å². The molecule has 2 rings (SSSR count).